The number of hydrogen-bond donors (Lipinski definition) is 1. The Labute approximate surface area is 210 Å². The summed E-state index contributed by atoms with van der Waals surface area (Å²) in [6, 6.07) is 30.2. The van der Waals surface area contributed by atoms with Crippen molar-refractivity contribution in [3.63, 3.8) is 0 Å². The van der Waals surface area contributed by atoms with Crippen molar-refractivity contribution in [2.75, 3.05) is 17.3 Å². The van der Waals surface area contributed by atoms with E-state index in [4.69, 9.17) is 4.84 Å². The molecule has 4 rings (SSSR count). The van der Waals surface area contributed by atoms with Gasteiger partial charge in [-0.3, -0.25) is 0 Å². The van der Waals surface area contributed by atoms with Crippen LogP contribution in [0, 0.1) is 0 Å². The minimum Gasteiger partial charge on any atom is -0.543 e. The molecule has 0 spiro atoms. The smallest absolute Gasteiger partial charge is 0.184 e. The van der Waals surface area contributed by atoms with Gasteiger partial charge in [-0.2, -0.15) is 0 Å². The molecule has 0 unspecified atom stereocenters. The first-order valence-electron chi connectivity index (χ1n) is 10.5. The third kappa shape index (κ3) is 5.03. The molecule has 0 amide bonds. The number of rotatable bonds is 10. The highest BCUT2D eigenvalue weighted by Crippen LogP contribution is 2.40. The second kappa shape index (κ2) is 11.1. The summed E-state index contributed by atoms with van der Waals surface area (Å²) in [6.45, 7) is 0.227. The van der Waals surface area contributed by atoms with Crippen molar-refractivity contribution in [2.24, 2.45) is 5.16 Å². The van der Waals surface area contributed by atoms with Crippen LogP contribution in [0.2, 0.25) is 0 Å². The molecule has 6 nitrogen and oxygen atoms in total. The summed E-state index contributed by atoms with van der Waals surface area (Å²) in [5.41, 5.74) is 2.08. The molecule has 4 aromatic rings. The van der Waals surface area contributed by atoms with E-state index >= 15 is 0 Å². The quantitative estimate of drug-likeness (QED) is 0.107. The molecule has 0 aliphatic carbocycles. The van der Waals surface area contributed by atoms with Crippen molar-refractivity contribution in [3.05, 3.63) is 119 Å². The standard InChI is InChI=1S/C26H22BrN3O3S/c27-16-17-33-30-23(24(31)32)22-18-34-25(28-22)29-26(19-10-4-1-5-11-19,20-12-6-2-7-13-20)21-14-8-3-9-15-21/h1-15,18H,16-17H2,(H,28,29)(H,31,32)/p-1/b30-23-. The Morgan fingerprint density at radius 3 is 1.88 bits per heavy atom. The molecule has 0 aliphatic rings. The van der Waals surface area contributed by atoms with Crippen molar-refractivity contribution < 1.29 is 14.7 Å². The summed E-state index contributed by atoms with van der Waals surface area (Å²) in [4.78, 5) is 21.2. The zero-order valence-corrected chi connectivity index (χ0v) is 20.5. The summed E-state index contributed by atoms with van der Waals surface area (Å²) in [6.07, 6.45) is 0. The van der Waals surface area contributed by atoms with E-state index in [1.807, 2.05) is 54.6 Å². The molecule has 1 heterocycles. The number of nitrogens with one attached hydrogen (secondary N) is 1. The first kappa shape index (κ1) is 23.7. The van der Waals surface area contributed by atoms with Crippen molar-refractivity contribution in [2.45, 2.75) is 5.54 Å². The van der Waals surface area contributed by atoms with Gasteiger partial charge in [0.1, 0.15) is 17.8 Å². The third-order valence-corrected chi connectivity index (χ3v) is 6.26. The number of halogens is 1. The molecule has 0 saturated carbocycles. The Bertz CT molecular complexity index is 1150. The number of carboxylic acid groups (broad SMARTS) is 1. The number of aliphatic carboxylic acids is 1. The number of aromatic nitrogens is 1. The SMILES string of the molecule is O=C([O-])/C(=N\OCCBr)c1csc(NC(c2ccccc2)(c2ccccc2)c2ccccc2)n1. The Balaban J connectivity index is 1.84. The van der Waals surface area contributed by atoms with Crippen LogP contribution in [0.15, 0.2) is 102 Å². The Morgan fingerprint density at radius 1 is 0.941 bits per heavy atom. The topological polar surface area (TPSA) is 86.6 Å². The van der Waals surface area contributed by atoms with E-state index in [1.54, 1.807) is 5.38 Å². The molecule has 0 radical (unpaired) electrons. The lowest BCUT2D eigenvalue weighted by Gasteiger charge is -2.36. The summed E-state index contributed by atoms with van der Waals surface area (Å²) >= 11 is 4.50. The average molecular weight is 535 g/mol. The number of carbonyl (C=O) groups excluding carboxylic acids is 1. The van der Waals surface area contributed by atoms with Gasteiger partial charge in [-0.05, 0) is 16.7 Å². The molecule has 3 aromatic carbocycles. The van der Waals surface area contributed by atoms with Gasteiger partial charge in [-0.1, -0.05) is 112 Å². The van der Waals surface area contributed by atoms with Crippen LogP contribution in [-0.2, 0) is 15.2 Å². The van der Waals surface area contributed by atoms with Crippen LogP contribution in [0.25, 0.3) is 0 Å². The van der Waals surface area contributed by atoms with Crippen molar-refractivity contribution >= 4 is 44.1 Å². The summed E-state index contributed by atoms with van der Waals surface area (Å²) in [5, 5.41) is 21.7. The Kier molecular flexibility index (Phi) is 7.72. The van der Waals surface area contributed by atoms with Gasteiger partial charge in [0.25, 0.3) is 0 Å². The molecular weight excluding hydrogens is 514 g/mol. The molecule has 1 aromatic heterocycles. The van der Waals surface area contributed by atoms with Crippen LogP contribution in [0.5, 0.6) is 0 Å². The van der Waals surface area contributed by atoms with Crippen molar-refractivity contribution in [1.29, 1.82) is 0 Å². The number of alkyl halides is 1. The molecule has 0 aliphatic heterocycles. The van der Waals surface area contributed by atoms with Gasteiger partial charge in [0.2, 0.25) is 0 Å². The second-order valence-electron chi connectivity index (χ2n) is 7.26. The van der Waals surface area contributed by atoms with E-state index < -0.39 is 11.5 Å². The zero-order chi connectivity index (χ0) is 23.8. The maximum Gasteiger partial charge on any atom is 0.184 e. The van der Waals surface area contributed by atoms with Crippen LogP contribution in [0.1, 0.15) is 22.4 Å². The highest BCUT2D eigenvalue weighted by Gasteiger charge is 2.37. The maximum absolute atomic E-state index is 11.7. The summed E-state index contributed by atoms with van der Waals surface area (Å²) in [5.74, 6) is -1.45. The fraction of sp³-hybridized carbons (Fsp3) is 0.115. The largest absolute Gasteiger partial charge is 0.543 e. The van der Waals surface area contributed by atoms with Crippen LogP contribution >= 0.6 is 27.3 Å². The molecule has 34 heavy (non-hydrogen) atoms. The van der Waals surface area contributed by atoms with Gasteiger partial charge in [0.15, 0.2) is 10.8 Å². The van der Waals surface area contributed by atoms with Gasteiger partial charge in [-0.15, -0.1) is 11.3 Å². The van der Waals surface area contributed by atoms with E-state index in [0.29, 0.717) is 10.5 Å². The first-order valence-corrected chi connectivity index (χ1v) is 12.5. The Hall–Kier alpha value is -3.49. The minimum absolute atomic E-state index is 0.171. The number of oxime groups is 1. The number of nitrogens with zero attached hydrogens (tertiary/aromatic N) is 2. The highest BCUT2D eigenvalue weighted by atomic mass is 79.9. The van der Waals surface area contributed by atoms with E-state index in [1.165, 1.54) is 11.3 Å². The zero-order valence-electron chi connectivity index (χ0n) is 18.1. The number of benzene rings is 3. The molecular formula is C26H21BrN3O3S-. The van der Waals surface area contributed by atoms with Crippen LogP contribution in [-0.4, -0.2) is 28.6 Å². The lowest BCUT2D eigenvalue weighted by atomic mass is 9.77. The molecule has 0 fully saturated rings. The number of thiazole rings is 1. The van der Waals surface area contributed by atoms with Gasteiger partial charge in [-0.25, -0.2) is 4.98 Å². The van der Waals surface area contributed by atoms with E-state index in [9.17, 15) is 9.90 Å². The second-order valence-corrected chi connectivity index (χ2v) is 8.91. The van der Waals surface area contributed by atoms with Crippen molar-refractivity contribution in [1.82, 2.24) is 4.98 Å². The fourth-order valence-corrected chi connectivity index (χ4v) is 4.61. The van der Waals surface area contributed by atoms with Crippen LogP contribution in [0.4, 0.5) is 5.13 Å². The van der Waals surface area contributed by atoms with Crippen LogP contribution < -0.4 is 10.4 Å². The molecule has 0 saturated heterocycles. The number of carbonyl (C=O) groups is 1. The molecule has 1 N–H and O–H groups in total. The van der Waals surface area contributed by atoms with Crippen molar-refractivity contribution in [3.8, 4) is 0 Å². The summed E-state index contributed by atoms with van der Waals surface area (Å²) in [7, 11) is 0. The number of anilines is 1. The van der Waals surface area contributed by atoms with Gasteiger partial charge < -0.3 is 20.1 Å². The lowest BCUT2D eigenvalue weighted by molar-refractivity contribution is -0.294. The fourth-order valence-electron chi connectivity index (χ4n) is 3.71. The lowest BCUT2D eigenvalue weighted by Crippen LogP contribution is -2.38. The highest BCUT2D eigenvalue weighted by molar-refractivity contribution is 9.09. The van der Waals surface area contributed by atoms with E-state index in [2.05, 4.69) is 67.8 Å². The molecule has 0 bridgehead atoms. The van der Waals surface area contributed by atoms with Gasteiger partial charge >= 0.3 is 0 Å². The molecule has 0 atom stereocenters. The monoisotopic (exact) mass is 534 g/mol. The first-order chi connectivity index (χ1) is 16.6. The predicted octanol–water partition coefficient (Wildman–Crippen LogP) is 4.41. The Morgan fingerprint density at radius 2 is 1.44 bits per heavy atom. The molecule has 8 heteroatoms. The normalized spacial score (nSPS) is 11.7. The van der Waals surface area contributed by atoms with Gasteiger partial charge in [0.05, 0.1) is 5.97 Å². The van der Waals surface area contributed by atoms with Crippen LogP contribution in [0.3, 0.4) is 0 Å². The van der Waals surface area contributed by atoms with E-state index in [-0.39, 0.29) is 18.0 Å². The predicted molar refractivity (Wildman–Crippen MR) is 136 cm³/mol. The number of hydrogen-bond acceptors (Lipinski definition) is 7. The van der Waals surface area contributed by atoms with Gasteiger partial charge in [0, 0.05) is 10.7 Å². The maximum atomic E-state index is 11.7. The average Bonchev–Trinajstić information content (AvgIpc) is 3.34. The minimum atomic E-state index is -1.45. The molecule has 172 valence electrons. The summed E-state index contributed by atoms with van der Waals surface area (Å²) < 4.78 is 0. The third-order valence-electron chi connectivity index (χ3n) is 5.18. The van der Waals surface area contributed by atoms with E-state index in [0.717, 1.165) is 16.7 Å². The number of carboxylic acids is 1.